The number of carbonyl (C=O) groups excluding carboxylic acids is 1. The topological polar surface area (TPSA) is 32.9 Å². The normalized spacial score (nSPS) is 11.9. The first kappa shape index (κ1) is 15.9. The summed E-state index contributed by atoms with van der Waals surface area (Å²) in [5, 5.41) is 0.858. The van der Waals surface area contributed by atoms with E-state index in [0.717, 1.165) is 6.07 Å². The van der Waals surface area contributed by atoms with Crippen LogP contribution in [0.2, 0.25) is 10.0 Å². The van der Waals surface area contributed by atoms with Crippen molar-refractivity contribution in [1.82, 2.24) is 4.98 Å². The van der Waals surface area contributed by atoms with Crippen LogP contribution in [0.1, 0.15) is 15.9 Å². The lowest BCUT2D eigenvalue weighted by Gasteiger charge is -2.12. The van der Waals surface area contributed by atoms with Crippen molar-refractivity contribution in [3.05, 3.63) is 57.6 Å². The van der Waals surface area contributed by atoms with Crippen LogP contribution >= 0.6 is 23.2 Å². The van der Waals surface area contributed by atoms with Crippen molar-refractivity contribution >= 4 is 40.4 Å². The number of aromatic nitrogens is 1. The molecule has 118 valence electrons. The van der Waals surface area contributed by atoms with Gasteiger partial charge < -0.3 is 4.98 Å². The molecule has 0 saturated heterocycles. The fraction of sp³-hybridized carbons (Fsp3) is 0.0625. The molecular weight excluding hydrogens is 350 g/mol. The second-order valence-electron chi connectivity index (χ2n) is 4.89. The van der Waals surface area contributed by atoms with E-state index >= 15 is 0 Å². The van der Waals surface area contributed by atoms with Crippen LogP contribution in [0, 0.1) is 0 Å². The summed E-state index contributed by atoms with van der Waals surface area (Å²) in [4.78, 5) is 14.3. The first-order chi connectivity index (χ1) is 10.8. The molecule has 0 atom stereocenters. The first-order valence-electron chi connectivity index (χ1n) is 6.45. The molecule has 0 saturated carbocycles. The standard InChI is InChI=1S/C16H8Cl2F3NO/c17-8-5-12(18)14-10(7-23)15(22-13(14)6-8)9-3-1-2-4-11(9)16(19,20)21/h1-7,22H. The molecule has 0 bridgehead atoms. The predicted molar refractivity (Wildman–Crippen MR) is 84.1 cm³/mol. The number of carbonyl (C=O) groups is 1. The summed E-state index contributed by atoms with van der Waals surface area (Å²) in [6, 6.07) is 7.97. The molecule has 1 N–H and O–H groups in total. The number of H-pyrrole nitrogens is 1. The van der Waals surface area contributed by atoms with Crippen molar-refractivity contribution in [1.29, 1.82) is 0 Å². The van der Waals surface area contributed by atoms with E-state index in [1.807, 2.05) is 0 Å². The van der Waals surface area contributed by atoms with E-state index in [4.69, 9.17) is 23.2 Å². The molecule has 1 aromatic heterocycles. The average molecular weight is 358 g/mol. The predicted octanol–water partition coefficient (Wildman–Crippen LogP) is 5.97. The van der Waals surface area contributed by atoms with Gasteiger partial charge in [0.2, 0.25) is 0 Å². The minimum absolute atomic E-state index is 0.0621. The zero-order valence-corrected chi connectivity index (χ0v) is 12.9. The highest BCUT2D eigenvalue weighted by atomic mass is 35.5. The van der Waals surface area contributed by atoms with E-state index in [0.29, 0.717) is 22.2 Å². The van der Waals surface area contributed by atoms with Gasteiger partial charge in [0.05, 0.1) is 16.3 Å². The summed E-state index contributed by atoms with van der Waals surface area (Å²) in [7, 11) is 0. The molecular formula is C16H8Cl2F3NO. The van der Waals surface area contributed by atoms with Crippen molar-refractivity contribution in [3.8, 4) is 11.3 Å². The van der Waals surface area contributed by atoms with Gasteiger partial charge in [-0.25, -0.2) is 0 Å². The maximum Gasteiger partial charge on any atom is 0.417 e. The van der Waals surface area contributed by atoms with Crippen LogP contribution in [0.3, 0.4) is 0 Å². The van der Waals surface area contributed by atoms with Crippen LogP contribution in [-0.4, -0.2) is 11.3 Å². The highest BCUT2D eigenvalue weighted by Crippen LogP contribution is 2.41. The zero-order chi connectivity index (χ0) is 16.8. The van der Waals surface area contributed by atoms with Crippen molar-refractivity contribution in [2.24, 2.45) is 0 Å². The van der Waals surface area contributed by atoms with E-state index in [-0.39, 0.29) is 21.8 Å². The molecule has 0 aliphatic carbocycles. The zero-order valence-electron chi connectivity index (χ0n) is 11.3. The highest BCUT2D eigenvalue weighted by Gasteiger charge is 2.34. The van der Waals surface area contributed by atoms with Crippen LogP contribution in [-0.2, 0) is 6.18 Å². The summed E-state index contributed by atoms with van der Waals surface area (Å²) in [6.45, 7) is 0. The fourth-order valence-electron chi connectivity index (χ4n) is 2.55. The molecule has 3 rings (SSSR count). The van der Waals surface area contributed by atoms with Gasteiger partial charge >= 0.3 is 6.18 Å². The Balaban J connectivity index is 2.39. The number of alkyl halides is 3. The third-order valence-electron chi connectivity index (χ3n) is 3.47. The van der Waals surface area contributed by atoms with Crippen LogP contribution < -0.4 is 0 Å². The van der Waals surface area contributed by atoms with Gasteiger partial charge in [0.15, 0.2) is 6.29 Å². The van der Waals surface area contributed by atoms with Gasteiger partial charge in [-0.05, 0) is 18.2 Å². The van der Waals surface area contributed by atoms with Gasteiger partial charge in [0.1, 0.15) is 0 Å². The van der Waals surface area contributed by atoms with Gasteiger partial charge in [-0.15, -0.1) is 0 Å². The molecule has 23 heavy (non-hydrogen) atoms. The largest absolute Gasteiger partial charge is 0.417 e. The lowest BCUT2D eigenvalue weighted by atomic mass is 10.0. The Hall–Kier alpha value is -1.98. The van der Waals surface area contributed by atoms with Crippen molar-refractivity contribution in [2.75, 3.05) is 0 Å². The number of benzene rings is 2. The number of aldehydes is 1. The third kappa shape index (κ3) is 2.71. The maximum absolute atomic E-state index is 13.2. The molecule has 0 aliphatic rings. The smallest absolute Gasteiger partial charge is 0.354 e. The number of hydrogen-bond acceptors (Lipinski definition) is 1. The highest BCUT2D eigenvalue weighted by molar-refractivity contribution is 6.39. The van der Waals surface area contributed by atoms with Crippen LogP contribution in [0.15, 0.2) is 36.4 Å². The first-order valence-corrected chi connectivity index (χ1v) is 7.21. The number of halogens is 5. The van der Waals surface area contributed by atoms with Crippen LogP contribution in [0.25, 0.3) is 22.2 Å². The lowest BCUT2D eigenvalue weighted by molar-refractivity contribution is -0.137. The quantitative estimate of drug-likeness (QED) is 0.562. The number of rotatable bonds is 2. The Morgan fingerprint density at radius 1 is 1.09 bits per heavy atom. The Morgan fingerprint density at radius 2 is 1.78 bits per heavy atom. The molecule has 1 heterocycles. The van der Waals surface area contributed by atoms with Gasteiger partial charge in [0.25, 0.3) is 0 Å². The average Bonchev–Trinajstić information content (AvgIpc) is 2.84. The molecule has 3 aromatic rings. The Kier molecular flexibility index (Phi) is 3.86. The van der Waals surface area contributed by atoms with E-state index in [1.165, 1.54) is 30.3 Å². The molecule has 0 aliphatic heterocycles. The summed E-state index contributed by atoms with van der Waals surface area (Å²) in [6.07, 6.45) is -4.06. The van der Waals surface area contributed by atoms with Crippen molar-refractivity contribution in [3.63, 3.8) is 0 Å². The molecule has 2 aromatic carbocycles. The Morgan fingerprint density at radius 3 is 2.43 bits per heavy atom. The Bertz CT molecular complexity index is 916. The van der Waals surface area contributed by atoms with Crippen molar-refractivity contribution < 1.29 is 18.0 Å². The summed E-state index contributed by atoms with van der Waals surface area (Å²) < 4.78 is 39.7. The molecule has 0 amide bonds. The molecule has 7 heteroatoms. The van der Waals surface area contributed by atoms with E-state index in [9.17, 15) is 18.0 Å². The number of hydrogen-bond donors (Lipinski definition) is 1. The maximum atomic E-state index is 13.2. The molecule has 2 nitrogen and oxygen atoms in total. The van der Waals surface area contributed by atoms with Gasteiger partial charge in [-0.1, -0.05) is 41.4 Å². The SMILES string of the molecule is O=Cc1c(-c2ccccc2C(F)(F)F)[nH]c2cc(Cl)cc(Cl)c12. The molecule has 0 fully saturated rings. The van der Waals surface area contributed by atoms with Crippen molar-refractivity contribution in [2.45, 2.75) is 6.18 Å². The number of fused-ring (bicyclic) bond motifs is 1. The van der Waals surface area contributed by atoms with E-state index < -0.39 is 11.7 Å². The minimum Gasteiger partial charge on any atom is -0.354 e. The molecule has 0 radical (unpaired) electrons. The fourth-order valence-corrected chi connectivity index (χ4v) is 3.15. The third-order valence-corrected chi connectivity index (χ3v) is 3.99. The van der Waals surface area contributed by atoms with Gasteiger partial charge in [-0.3, -0.25) is 4.79 Å². The number of aromatic amines is 1. The molecule has 0 unspecified atom stereocenters. The second-order valence-corrected chi connectivity index (χ2v) is 5.73. The monoisotopic (exact) mass is 357 g/mol. The van der Waals surface area contributed by atoms with Crippen LogP contribution in [0.4, 0.5) is 13.2 Å². The summed E-state index contributed by atoms with van der Waals surface area (Å²) >= 11 is 12.0. The summed E-state index contributed by atoms with van der Waals surface area (Å²) in [5.74, 6) is 0. The Labute approximate surface area is 138 Å². The number of nitrogens with one attached hydrogen (secondary N) is 1. The van der Waals surface area contributed by atoms with Gasteiger partial charge in [-0.2, -0.15) is 13.2 Å². The van der Waals surface area contributed by atoms with E-state index in [1.54, 1.807) is 0 Å². The van der Waals surface area contributed by atoms with Gasteiger partial charge in [0, 0.05) is 27.1 Å². The van der Waals surface area contributed by atoms with Crippen LogP contribution in [0.5, 0.6) is 0 Å². The lowest BCUT2D eigenvalue weighted by Crippen LogP contribution is -2.07. The second kappa shape index (κ2) is 5.58. The van der Waals surface area contributed by atoms with E-state index in [2.05, 4.69) is 4.98 Å². The molecule has 0 spiro atoms. The summed E-state index contributed by atoms with van der Waals surface area (Å²) in [5.41, 5.74) is -0.426. The minimum atomic E-state index is -4.55.